The first-order valence-corrected chi connectivity index (χ1v) is 9.14. The molecule has 1 N–H and O–H groups in total. The lowest BCUT2D eigenvalue weighted by atomic mass is 9.82. The van der Waals surface area contributed by atoms with Crippen molar-refractivity contribution in [3.63, 3.8) is 0 Å². The molecular weight excluding hydrogens is 322 g/mol. The molecule has 0 aromatic heterocycles. The second-order valence-corrected chi connectivity index (χ2v) is 7.15. The van der Waals surface area contributed by atoms with Crippen molar-refractivity contribution in [1.29, 1.82) is 0 Å². The van der Waals surface area contributed by atoms with Gasteiger partial charge in [0, 0.05) is 38.8 Å². The van der Waals surface area contributed by atoms with Crippen LogP contribution in [0.25, 0.3) is 0 Å². The minimum Gasteiger partial charge on any atom is -0.340 e. The lowest BCUT2D eigenvalue weighted by Crippen LogP contribution is -2.53. The maximum Gasteiger partial charge on any atom is 0.230 e. The largest absolute Gasteiger partial charge is 0.340 e. The topological polar surface area (TPSA) is 35.6 Å². The Morgan fingerprint density at radius 3 is 2.62 bits per heavy atom. The van der Waals surface area contributed by atoms with E-state index >= 15 is 0 Å². The highest BCUT2D eigenvalue weighted by Gasteiger charge is 2.33. The van der Waals surface area contributed by atoms with Crippen molar-refractivity contribution in [2.75, 3.05) is 39.3 Å². The molecule has 3 aliphatic rings. The number of hydrogen-bond donors (Lipinski definition) is 1. The summed E-state index contributed by atoms with van der Waals surface area (Å²) in [4.78, 5) is 17.7. The van der Waals surface area contributed by atoms with Gasteiger partial charge in [-0.15, -0.1) is 12.4 Å². The third-order valence-electron chi connectivity index (χ3n) is 5.84. The molecule has 2 fully saturated rings. The molecule has 1 aromatic rings. The van der Waals surface area contributed by atoms with E-state index in [0.717, 1.165) is 58.5 Å². The van der Waals surface area contributed by atoms with E-state index < -0.39 is 0 Å². The van der Waals surface area contributed by atoms with E-state index in [4.69, 9.17) is 0 Å². The van der Waals surface area contributed by atoms with E-state index in [2.05, 4.69) is 39.4 Å². The third kappa shape index (κ3) is 3.46. The van der Waals surface area contributed by atoms with Crippen LogP contribution >= 0.6 is 12.4 Å². The molecule has 4 rings (SSSR count). The normalized spacial score (nSPS) is 27.4. The molecule has 5 heteroatoms. The predicted octanol–water partition coefficient (Wildman–Crippen LogP) is 2.03. The van der Waals surface area contributed by atoms with Gasteiger partial charge >= 0.3 is 0 Å². The molecule has 0 spiro atoms. The Kier molecular flexibility index (Phi) is 5.80. The van der Waals surface area contributed by atoms with E-state index in [0.29, 0.717) is 11.9 Å². The number of rotatable bonds is 2. The highest BCUT2D eigenvalue weighted by Crippen LogP contribution is 2.33. The fraction of sp³-hybridized carbons (Fsp3) is 0.632. The van der Waals surface area contributed by atoms with Gasteiger partial charge in [-0.3, -0.25) is 9.69 Å². The number of nitrogens with zero attached hydrogens (tertiary/aromatic N) is 2. The number of aryl methyl sites for hydroxylation is 1. The van der Waals surface area contributed by atoms with Crippen molar-refractivity contribution in [2.45, 2.75) is 37.6 Å². The number of carbonyl (C=O) groups excluding carboxylic acids is 1. The number of amides is 1. The molecule has 2 unspecified atom stereocenters. The van der Waals surface area contributed by atoms with Crippen LogP contribution in [-0.2, 0) is 11.2 Å². The molecule has 4 nitrogen and oxygen atoms in total. The molecule has 0 radical (unpaired) electrons. The zero-order chi connectivity index (χ0) is 15.6. The molecular formula is C19H28ClN3O. The molecule has 1 aromatic carbocycles. The Labute approximate surface area is 151 Å². The summed E-state index contributed by atoms with van der Waals surface area (Å²) in [6, 6.07) is 9.22. The quantitative estimate of drug-likeness (QED) is 0.887. The molecule has 1 aliphatic carbocycles. The van der Waals surface area contributed by atoms with Gasteiger partial charge in [-0.2, -0.15) is 0 Å². The minimum absolute atomic E-state index is 0. The van der Waals surface area contributed by atoms with Crippen molar-refractivity contribution < 1.29 is 4.79 Å². The zero-order valence-electron chi connectivity index (χ0n) is 14.2. The smallest absolute Gasteiger partial charge is 0.230 e. The fourth-order valence-electron chi connectivity index (χ4n) is 4.49. The first kappa shape index (κ1) is 17.7. The van der Waals surface area contributed by atoms with Crippen LogP contribution in [0.3, 0.4) is 0 Å². The summed E-state index contributed by atoms with van der Waals surface area (Å²) < 4.78 is 0. The highest BCUT2D eigenvalue weighted by atomic mass is 35.5. The molecule has 24 heavy (non-hydrogen) atoms. The van der Waals surface area contributed by atoms with Gasteiger partial charge in [-0.1, -0.05) is 24.3 Å². The van der Waals surface area contributed by atoms with Crippen LogP contribution in [-0.4, -0.2) is 61.0 Å². The monoisotopic (exact) mass is 349 g/mol. The standard InChI is InChI=1S/C19H27N3O.ClH/c23-19(18-7-3-5-15-4-1-2-6-17(15)18)22-12-10-21(11-13-22)16-8-9-20-14-16;/h1-2,4,6,16,18,20H,3,5,7-14H2;1H. The second kappa shape index (κ2) is 7.85. The second-order valence-electron chi connectivity index (χ2n) is 7.15. The summed E-state index contributed by atoms with van der Waals surface area (Å²) in [5, 5.41) is 3.44. The van der Waals surface area contributed by atoms with Crippen LogP contribution in [0.15, 0.2) is 24.3 Å². The Hall–Kier alpha value is -1.10. The SMILES string of the molecule is Cl.O=C(C1CCCc2ccccc21)N1CCN(C2CCNC2)CC1. The molecule has 2 saturated heterocycles. The average Bonchev–Trinajstić information content (AvgIpc) is 3.15. The van der Waals surface area contributed by atoms with E-state index in [1.807, 2.05) is 0 Å². The molecule has 2 aliphatic heterocycles. The maximum atomic E-state index is 13.0. The Morgan fingerprint density at radius 1 is 1.08 bits per heavy atom. The lowest BCUT2D eigenvalue weighted by Gasteiger charge is -2.39. The first-order valence-electron chi connectivity index (χ1n) is 9.14. The van der Waals surface area contributed by atoms with Crippen LogP contribution in [0.2, 0.25) is 0 Å². The van der Waals surface area contributed by atoms with Crippen molar-refractivity contribution in [3.05, 3.63) is 35.4 Å². The summed E-state index contributed by atoms with van der Waals surface area (Å²) >= 11 is 0. The Bertz CT molecular complexity index is 565. The molecule has 0 saturated carbocycles. The summed E-state index contributed by atoms with van der Waals surface area (Å²) in [5.74, 6) is 0.459. The summed E-state index contributed by atoms with van der Waals surface area (Å²) in [7, 11) is 0. The van der Waals surface area contributed by atoms with E-state index in [1.54, 1.807) is 0 Å². The number of fused-ring (bicyclic) bond motifs is 1. The van der Waals surface area contributed by atoms with Gasteiger partial charge in [0.1, 0.15) is 0 Å². The van der Waals surface area contributed by atoms with Crippen molar-refractivity contribution in [2.24, 2.45) is 0 Å². The number of nitrogens with one attached hydrogen (secondary N) is 1. The maximum absolute atomic E-state index is 13.0. The van der Waals surface area contributed by atoms with Crippen LogP contribution in [0.4, 0.5) is 0 Å². The van der Waals surface area contributed by atoms with Gasteiger partial charge in [-0.05, 0) is 43.4 Å². The predicted molar refractivity (Wildman–Crippen MR) is 98.8 cm³/mol. The minimum atomic E-state index is 0. The zero-order valence-corrected chi connectivity index (χ0v) is 15.1. The average molecular weight is 350 g/mol. The van der Waals surface area contributed by atoms with Gasteiger partial charge in [0.15, 0.2) is 0 Å². The van der Waals surface area contributed by atoms with Crippen LogP contribution in [0.1, 0.15) is 36.3 Å². The number of hydrogen-bond acceptors (Lipinski definition) is 3. The summed E-state index contributed by atoms with van der Waals surface area (Å²) in [6.07, 6.45) is 4.54. The van der Waals surface area contributed by atoms with Gasteiger partial charge in [-0.25, -0.2) is 0 Å². The van der Waals surface area contributed by atoms with E-state index in [1.165, 1.54) is 17.5 Å². The van der Waals surface area contributed by atoms with Crippen molar-refractivity contribution in [3.8, 4) is 0 Å². The lowest BCUT2D eigenvalue weighted by molar-refractivity contribution is -0.135. The van der Waals surface area contributed by atoms with Gasteiger partial charge in [0.05, 0.1) is 5.92 Å². The third-order valence-corrected chi connectivity index (χ3v) is 5.84. The number of carbonyl (C=O) groups is 1. The number of halogens is 1. The molecule has 1 amide bonds. The summed E-state index contributed by atoms with van der Waals surface area (Å²) in [5.41, 5.74) is 2.67. The van der Waals surface area contributed by atoms with Gasteiger partial charge in [0.2, 0.25) is 5.91 Å². The Balaban J connectivity index is 0.00000169. The van der Waals surface area contributed by atoms with Gasteiger partial charge in [0.25, 0.3) is 0 Å². The fourth-order valence-corrected chi connectivity index (χ4v) is 4.49. The van der Waals surface area contributed by atoms with E-state index in [9.17, 15) is 4.79 Å². The first-order chi connectivity index (χ1) is 11.3. The van der Waals surface area contributed by atoms with Crippen molar-refractivity contribution >= 4 is 18.3 Å². The number of piperazine rings is 1. The van der Waals surface area contributed by atoms with Crippen LogP contribution in [0.5, 0.6) is 0 Å². The molecule has 2 heterocycles. The van der Waals surface area contributed by atoms with Crippen molar-refractivity contribution in [1.82, 2.24) is 15.1 Å². The number of benzene rings is 1. The Morgan fingerprint density at radius 2 is 1.88 bits per heavy atom. The molecule has 0 bridgehead atoms. The highest BCUT2D eigenvalue weighted by molar-refractivity contribution is 5.85. The molecule has 132 valence electrons. The van der Waals surface area contributed by atoms with Gasteiger partial charge < -0.3 is 10.2 Å². The summed E-state index contributed by atoms with van der Waals surface area (Å²) in [6.45, 7) is 6.12. The van der Waals surface area contributed by atoms with Crippen LogP contribution in [0, 0.1) is 0 Å². The van der Waals surface area contributed by atoms with Crippen LogP contribution < -0.4 is 5.32 Å². The van der Waals surface area contributed by atoms with E-state index in [-0.39, 0.29) is 18.3 Å². The molecule has 2 atom stereocenters.